The van der Waals surface area contributed by atoms with Gasteiger partial charge in [-0.25, -0.2) is 0 Å². The zero-order valence-electron chi connectivity index (χ0n) is 12.7. The summed E-state index contributed by atoms with van der Waals surface area (Å²) in [6.45, 7) is 5.44. The monoisotopic (exact) mass is 301 g/mol. The van der Waals surface area contributed by atoms with Gasteiger partial charge in [-0.1, -0.05) is 31.2 Å². The van der Waals surface area contributed by atoms with Gasteiger partial charge in [-0.05, 0) is 55.3 Å². The standard InChI is InChI=1S/C18H23NOS/c1-3-11-19-14(2)16-5-4-6-18(12-16)21-13-15-7-9-17(20)10-8-15/h4-10,12,14,19-20H,3,11,13H2,1-2H3. The SMILES string of the molecule is CCCNC(C)c1cccc(SCc2ccc(O)cc2)c1. The molecule has 2 aromatic carbocycles. The highest BCUT2D eigenvalue weighted by Crippen LogP contribution is 2.26. The van der Waals surface area contributed by atoms with Crippen LogP contribution in [0.5, 0.6) is 5.75 Å². The molecule has 0 saturated heterocycles. The first-order chi connectivity index (χ1) is 10.2. The summed E-state index contributed by atoms with van der Waals surface area (Å²) in [6.07, 6.45) is 1.15. The Bertz CT molecular complexity index is 553. The molecule has 0 saturated carbocycles. The molecule has 3 heteroatoms. The van der Waals surface area contributed by atoms with Crippen molar-refractivity contribution in [1.29, 1.82) is 0 Å². The maximum absolute atomic E-state index is 9.30. The largest absolute Gasteiger partial charge is 0.508 e. The minimum Gasteiger partial charge on any atom is -0.508 e. The Hall–Kier alpha value is -1.45. The molecule has 112 valence electrons. The van der Waals surface area contributed by atoms with E-state index >= 15 is 0 Å². The van der Waals surface area contributed by atoms with Crippen LogP contribution in [0, 0.1) is 0 Å². The molecule has 0 aromatic heterocycles. The Morgan fingerprint density at radius 2 is 1.90 bits per heavy atom. The van der Waals surface area contributed by atoms with Gasteiger partial charge in [0.1, 0.15) is 5.75 Å². The van der Waals surface area contributed by atoms with E-state index in [9.17, 15) is 5.11 Å². The molecule has 2 N–H and O–H groups in total. The van der Waals surface area contributed by atoms with Crippen LogP contribution in [0.15, 0.2) is 53.4 Å². The van der Waals surface area contributed by atoms with Crippen molar-refractivity contribution in [3.8, 4) is 5.75 Å². The lowest BCUT2D eigenvalue weighted by Gasteiger charge is -2.14. The predicted molar refractivity (Wildman–Crippen MR) is 90.8 cm³/mol. The van der Waals surface area contributed by atoms with Crippen molar-refractivity contribution >= 4 is 11.8 Å². The second-order valence-electron chi connectivity index (χ2n) is 5.20. The van der Waals surface area contributed by atoms with E-state index in [1.54, 1.807) is 12.1 Å². The Balaban J connectivity index is 1.95. The molecule has 1 unspecified atom stereocenters. The van der Waals surface area contributed by atoms with E-state index in [-0.39, 0.29) is 0 Å². The summed E-state index contributed by atoms with van der Waals surface area (Å²) in [6, 6.07) is 16.5. The van der Waals surface area contributed by atoms with Crippen LogP contribution in [0.25, 0.3) is 0 Å². The van der Waals surface area contributed by atoms with E-state index in [0.717, 1.165) is 18.7 Å². The van der Waals surface area contributed by atoms with Crippen molar-refractivity contribution in [3.63, 3.8) is 0 Å². The molecule has 0 bridgehead atoms. The molecule has 0 aliphatic carbocycles. The smallest absolute Gasteiger partial charge is 0.115 e. The normalized spacial score (nSPS) is 12.3. The van der Waals surface area contributed by atoms with Gasteiger partial charge in [0.15, 0.2) is 0 Å². The molecule has 0 fully saturated rings. The van der Waals surface area contributed by atoms with Crippen LogP contribution in [0.1, 0.15) is 37.4 Å². The predicted octanol–water partition coefficient (Wildman–Crippen LogP) is 4.75. The van der Waals surface area contributed by atoms with E-state index in [2.05, 4.69) is 43.4 Å². The Labute approximate surface area is 131 Å². The number of benzene rings is 2. The quantitative estimate of drug-likeness (QED) is 0.724. The topological polar surface area (TPSA) is 32.3 Å². The summed E-state index contributed by atoms with van der Waals surface area (Å²) in [4.78, 5) is 1.28. The van der Waals surface area contributed by atoms with Crippen LogP contribution >= 0.6 is 11.8 Å². The van der Waals surface area contributed by atoms with E-state index in [1.165, 1.54) is 16.0 Å². The summed E-state index contributed by atoms with van der Waals surface area (Å²) >= 11 is 1.83. The minimum absolute atomic E-state index is 0.321. The highest BCUT2D eigenvalue weighted by atomic mass is 32.2. The van der Waals surface area contributed by atoms with Crippen LogP contribution < -0.4 is 5.32 Å². The first-order valence-electron chi connectivity index (χ1n) is 7.43. The molecule has 0 aliphatic rings. The van der Waals surface area contributed by atoms with Crippen molar-refractivity contribution in [1.82, 2.24) is 5.32 Å². The molecule has 0 aliphatic heterocycles. The second-order valence-corrected chi connectivity index (χ2v) is 6.25. The number of aromatic hydroxyl groups is 1. The summed E-state index contributed by atoms with van der Waals surface area (Å²) in [7, 11) is 0. The third kappa shape index (κ3) is 5.10. The van der Waals surface area contributed by atoms with Gasteiger partial charge in [0.25, 0.3) is 0 Å². The molecule has 0 radical (unpaired) electrons. The first-order valence-corrected chi connectivity index (χ1v) is 8.41. The first kappa shape index (κ1) is 15.9. The molecule has 2 nitrogen and oxygen atoms in total. The fourth-order valence-corrected chi connectivity index (χ4v) is 3.03. The zero-order valence-corrected chi connectivity index (χ0v) is 13.5. The van der Waals surface area contributed by atoms with Gasteiger partial charge in [-0.3, -0.25) is 0 Å². The van der Waals surface area contributed by atoms with E-state index in [0.29, 0.717) is 11.8 Å². The molecule has 2 aromatic rings. The molecular formula is C18H23NOS. The molecule has 1 atom stereocenters. The lowest BCUT2D eigenvalue weighted by molar-refractivity contribution is 0.475. The number of phenols is 1. The number of hydrogen-bond donors (Lipinski definition) is 2. The number of thioether (sulfide) groups is 1. The van der Waals surface area contributed by atoms with Gasteiger partial charge in [0.05, 0.1) is 0 Å². The van der Waals surface area contributed by atoms with Crippen molar-refractivity contribution < 1.29 is 5.11 Å². The summed E-state index contributed by atoms with van der Waals surface area (Å²) in [5.74, 6) is 1.24. The second kappa shape index (κ2) is 8.11. The molecule has 2 rings (SSSR count). The summed E-state index contributed by atoms with van der Waals surface area (Å²) in [5, 5.41) is 12.8. The fraction of sp³-hybridized carbons (Fsp3) is 0.333. The minimum atomic E-state index is 0.321. The molecule has 21 heavy (non-hydrogen) atoms. The molecule has 0 heterocycles. The van der Waals surface area contributed by atoms with Crippen molar-refractivity contribution in [3.05, 3.63) is 59.7 Å². The number of hydrogen-bond acceptors (Lipinski definition) is 3. The maximum Gasteiger partial charge on any atom is 0.115 e. The Morgan fingerprint density at radius 1 is 1.14 bits per heavy atom. The summed E-state index contributed by atoms with van der Waals surface area (Å²) < 4.78 is 0. The zero-order chi connectivity index (χ0) is 15.1. The average Bonchev–Trinajstić information content (AvgIpc) is 2.52. The number of phenolic OH excluding ortho intramolecular Hbond substituents is 1. The Morgan fingerprint density at radius 3 is 2.62 bits per heavy atom. The van der Waals surface area contributed by atoms with Gasteiger partial charge in [-0.2, -0.15) is 0 Å². The number of nitrogens with one attached hydrogen (secondary N) is 1. The van der Waals surface area contributed by atoms with Crippen LogP contribution in [0.3, 0.4) is 0 Å². The van der Waals surface area contributed by atoms with Crippen molar-refractivity contribution in [2.24, 2.45) is 0 Å². The van der Waals surface area contributed by atoms with Crippen LogP contribution in [0.2, 0.25) is 0 Å². The highest BCUT2D eigenvalue weighted by molar-refractivity contribution is 7.98. The average molecular weight is 301 g/mol. The fourth-order valence-electron chi connectivity index (χ4n) is 2.11. The molecular weight excluding hydrogens is 278 g/mol. The van der Waals surface area contributed by atoms with Crippen molar-refractivity contribution in [2.75, 3.05) is 6.54 Å². The third-order valence-electron chi connectivity index (χ3n) is 3.40. The third-order valence-corrected chi connectivity index (χ3v) is 4.47. The van der Waals surface area contributed by atoms with Crippen LogP contribution in [0.4, 0.5) is 0 Å². The van der Waals surface area contributed by atoms with E-state index in [4.69, 9.17) is 0 Å². The van der Waals surface area contributed by atoms with Crippen LogP contribution in [-0.4, -0.2) is 11.7 Å². The van der Waals surface area contributed by atoms with Gasteiger partial charge >= 0.3 is 0 Å². The van der Waals surface area contributed by atoms with Gasteiger partial charge in [-0.15, -0.1) is 11.8 Å². The maximum atomic E-state index is 9.30. The summed E-state index contributed by atoms with van der Waals surface area (Å²) in [5.41, 5.74) is 2.56. The van der Waals surface area contributed by atoms with Crippen LogP contribution in [-0.2, 0) is 5.75 Å². The van der Waals surface area contributed by atoms with Gasteiger partial charge < -0.3 is 10.4 Å². The molecule has 0 spiro atoms. The van der Waals surface area contributed by atoms with E-state index < -0.39 is 0 Å². The van der Waals surface area contributed by atoms with E-state index in [1.807, 2.05) is 23.9 Å². The van der Waals surface area contributed by atoms with Gasteiger partial charge in [0.2, 0.25) is 0 Å². The number of rotatable bonds is 7. The Kier molecular flexibility index (Phi) is 6.15. The van der Waals surface area contributed by atoms with Crippen molar-refractivity contribution in [2.45, 2.75) is 37.0 Å². The lowest BCUT2D eigenvalue weighted by atomic mass is 10.1. The molecule has 0 amide bonds. The van der Waals surface area contributed by atoms with Gasteiger partial charge in [0, 0.05) is 16.7 Å². The lowest BCUT2D eigenvalue weighted by Crippen LogP contribution is -2.19. The highest BCUT2D eigenvalue weighted by Gasteiger charge is 2.05.